The molecule has 0 spiro atoms. The van der Waals surface area contributed by atoms with Crippen molar-refractivity contribution in [1.29, 1.82) is 0 Å². The average Bonchev–Trinajstić information content (AvgIpc) is 3.13. The molecule has 0 rings (SSSR count). The molecule has 0 aliphatic heterocycles. The molecule has 0 radical (unpaired) electrons. The SMILES string of the molecule is CCCCC/C=C\C[C@@H](O)/C=C/C=C/C=C\[C@@H](O)CCCC(=O)OC[C@H](COP(=O)(O)O)OC(=O)CCCCCCCCCCCCCCCCCC(C)C. The van der Waals surface area contributed by atoms with E-state index in [0.717, 1.165) is 31.6 Å². The minimum absolute atomic E-state index is 0.00715. The van der Waals surface area contributed by atoms with Crippen LogP contribution in [0.3, 0.4) is 0 Å². The third-order valence-corrected chi connectivity index (χ3v) is 9.70. The van der Waals surface area contributed by atoms with Gasteiger partial charge in [0.2, 0.25) is 0 Å². The first kappa shape index (κ1) is 52.9. The minimum Gasteiger partial charge on any atom is -0.462 e. The zero-order valence-corrected chi connectivity index (χ0v) is 35.6. The summed E-state index contributed by atoms with van der Waals surface area (Å²) in [6.45, 7) is 5.76. The summed E-state index contributed by atoms with van der Waals surface area (Å²) >= 11 is 0. The Kier molecular flexibility index (Phi) is 36.1. The molecule has 0 saturated carbocycles. The lowest BCUT2D eigenvalue weighted by Gasteiger charge is -2.18. The van der Waals surface area contributed by atoms with E-state index in [4.69, 9.17) is 19.3 Å². The van der Waals surface area contributed by atoms with E-state index >= 15 is 0 Å². The second-order valence-corrected chi connectivity index (χ2v) is 16.4. The van der Waals surface area contributed by atoms with Crippen molar-refractivity contribution in [3.8, 4) is 0 Å². The van der Waals surface area contributed by atoms with Gasteiger partial charge in [0.25, 0.3) is 0 Å². The average molecular weight is 799 g/mol. The van der Waals surface area contributed by atoms with Crippen molar-refractivity contribution in [2.75, 3.05) is 13.2 Å². The number of allylic oxidation sites excluding steroid dienone is 5. The highest BCUT2D eigenvalue weighted by Crippen LogP contribution is 2.36. The number of rotatable bonds is 38. The van der Waals surface area contributed by atoms with Crippen LogP contribution >= 0.6 is 7.82 Å². The molecule has 11 heteroatoms. The van der Waals surface area contributed by atoms with Crippen molar-refractivity contribution in [2.24, 2.45) is 5.92 Å². The second-order valence-electron chi connectivity index (χ2n) is 15.2. The topological polar surface area (TPSA) is 160 Å². The van der Waals surface area contributed by atoms with Crippen LogP contribution in [0.15, 0.2) is 48.6 Å². The molecule has 0 aromatic rings. The Balaban J connectivity index is 4.14. The fourth-order valence-corrected chi connectivity index (χ4v) is 6.29. The fourth-order valence-electron chi connectivity index (χ4n) is 5.93. The lowest BCUT2D eigenvalue weighted by atomic mass is 10.0. The van der Waals surface area contributed by atoms with Gasteiger partial charge in [-0.3, -0.25) is 14.1 Å². The summed E-state index contributed by atoms with van der Waals surface area (Å²) in [6, 6.07) is 0. The smallest absolute Gasteiger partial charge is 0.462 e. The van der Waals surface area contributed by atoms with Crippen LogP contribution in [0.2, 0.25) is 0 Å². The van der Waals surface area contributed by atoms with Gasteiger partial charge in [-0.15, -0.1) is 0 Å². The largest absolute Gasteiger partial charge is 0.469 e. The summed E-state index contributed by atoms with van der Waals surface area (Å²) in [5.41, 5.74) is 0. The Morgan fingerprint density at radius 1 is 0.600 bits per heavy atom. The van der Waals surface area contributed by atoms with Gasteiger partial charge in [-0.25, -0.2) is 4.57 Å². The number of ether oxygens (including phenoxy) is 2. The van der Waals surface area contributed by atoms with Gasteiger partial charge < -0.3 is 29.5 Å². The van der Waals surface area contributed by atoms with E-state index in [2.05, 4.69) is 31.4 Å². The number of carbonyl (C=O) groups excluding carboxylic acids is 2. The van der Waals surface area contributed by atoms with Gasteiger partial charge in [-0.1, -0.05) is 179 Å². The highest BCUT2D eigenvalue weighted by atomic mass is 31.2. The molecule has 0 heterocycles. The van der Waals surface area contributed by atoms with Crippen LogP contribution in [-0.4, -0.2) is 63.5 Å². The molecule has 0 fully saturated rings. The van der Waals surface area contributed by atoms with Gasteiger partial charge in [-0.05, 0) is 44.4 Å². The molecular formula is C44H79O10P. The first-order valence-electron chi connectivity index (χ1n) is 21.5. The first-order valence-corrected chi connectivity index (χ1v) is 23.0. The van der Waals surface area contributed by atoms with E-state index in [-0.39, 0.29) is 12.8 Å². The van der Waals surface area contributed by atoms with Crippen LogP contribution < -0.4 is 0 Å². The number of unbranched alkanes of at least 4 members (excludes halogenated alkanes) is 17. The molecule has 10 nitrogen and oxygen atoms in total. The zero-order valence-electron chi connectivity index (χ0n) is 34.7. The Morgan fingerprint density at radius 3 is 1.67 bits per heavy atom. The van der Waals surface area contributed by atoms with Crippen molar-refractivity contribution in [1.82, 2.24) is 0 Å². The van der Waals surface area contributed by atoms with E-state index in [9.17, 15) is 24.4 Å². The molecule has 3 atom stereocenters. The third kappa shape index (κ3) is 41.4. The predicted molar refractivity (Wildman–Crippen MR) is 223 cm³/mol. The number of aliphatic hydroxyl groups excluding tert-OH is 2. The zero-order chi connectivity index (χ0) is 40.8. The molecule has 0 bridgehead atoms. The Bertz CT molecular complexity index is 1080. The molecular weight excluding hydrogens is 719 g/mol. The number of hydrogen-bond donors (Lipinski definition) is 4. The molecule has 0 aliphatic carbocycles. The van der Waals surface area contributed by atoms with Gasteiger partial charge in [-0.2, -0.15) is 0 Å². The highest BCUT2D eigenvalue weighted by molar-refractivity contribution is 7.46. The number of hydrogen-bond acceptors (Lipinski definition) is 8. The maximum atomic E-state index is 12.4. The molecule has 55 heavy (non-hydrogen) atoms. The van der Waals surface area contributed by atoms with Gasteiger partial charge in [0, 0.05) is 12.8 Å². The Hall–Kier alpha value is -2.07. The third-order valence-electron chi connectivity index (χ3n) is 9.22. The summed E-state index contributed by atoms with van der Waals surface area (Å²) in [4.78, 5) is 42.9. The van der Waals surface area contributed by atoms with Crippen molar-refractivity contribution in [3.63, 3.8) is 0 Å². The molecule has 4 N–H and O–H groups in total. The van der Waals surface area contributed by atoms with Gasteiger partial charge in [0.1, 0.15) is 6.61 Å². The maximum Gasteiger partial charge on any atom is 0.469 e. The summed E-state index contributed by atoms with van der Waals surface area (Å²) in [6.07, 6.45) is 37.5. The molecule has 320 valence electrons. The van der Waals surface area contributed by atoms with Crippen LogP contribution in [0.4, 0.5) is 0 Å². The predicted octanol–water partition coefficient (Wildman–Crippen LogP) is 10.9. The van der Waals surface area contributed by atoms with E-state index in [0.29, 0.717) is 25.7 Å². The second kappa shape index (κ2) is 37.5. The molecule has 0 aromatic heterocycles. The quantitative estimate of drug-likeness (QED) is 0.0156. The molecule has 0 saturated heterocycles. The molecule has 0 unspecified atom stereocenters. The number of carbonyl (C=O) groups is 2. The standard InChI is InChI=1S/C44H79O10P/c1-4-5-6-7-20-25-31-40(45)32-26-22-23-27-33-41(46)34-29-36-43(47)52-37-42(38-53-55(49,50)51)54-44(48)35-28-21-18-16-14-12-10-8-9-11-13-15-17-19-24-30-39(2)3/h20,22-23,25-27,32-33,39-42,45-46H,4-19,21,24,28-31,34-38H2,1-3H3,(H2,49,50,51)/b23-22+,25-20-,32-26+,33-27-/t40-,41-,42-/m1/s1. The van der Waals surface area contributed by atoms with Gasteiger partial charge >= 0.3 is 19.8 Å². The van der Waals surface area contributed by atoms with Crippen LogP contribution in [-0.2, 0) is 28.2 Å². The Labute approximate surface area is 334 Å². The molecule has 0 aromatic carbocycles. The van der Waals surface area contributed by atoms with E-state index < -0.39 is 51.3 Å². The normalized spacial score (nSPS) is 14.2. The summed E-state index contributed by atoms with van der Waals surface area (Å²) in [7, 11) is -4.81. The number of esters is 2. The van der Waals surface area contributed by atoms with E-state index in [1.54, 1.807) is 36.5 Å². The lowest BCUT2D eigenvalue weighted by molar-refractivity contribution is -0.161. The van der Waals surface area contributed by atoms with E-state index in [1.807, 2.05) is 6.08 Å². The first-order chi connectivity index (χ1) is 26.4. The minimum atomic E-state index is -4.81. The number of phosphoric ester groups is 1. The van der Waals surface area contributed by atoms with Crippen LogP contribution in [0, 0.1) is 5.92 Å². The maximum absolute atomic E-state index is 12.4. The summed E-state index contributed by atoms with van der Waals surface area (Å²) < 4.78 is 26.3. The summed E-state index contributed by atoms with van der Waals surface area (Å²) in [5.74, 6) is -0.299. The summed E-state index contributed by atoms with van der Waals surface area (Å²) in [5, 5.41) is 20.2. The van der Waals surface area contributed by atoms with Crippen molar-refractivity contribution >= 4 is 19.8 Å². The lowest BCUT2D eigenvalue weighted by Crippen LogP contribution is -2.29. The molecule has 0 aliphatic rings. The highest BCUT2D eigenvalue weighted by Gasteiger charge is 2.23. The monoisotopic (exact) mass is 799 g/mol. The fraction of sp³-hybridized carbons (Fsp3) is 0.773. The van der Waals surface area contributed by atoms with Crippen molar-refractivity contribution in [3.05, 3.63) is 48.6 Å². The van der Waals surface area contributed by atoms with Crippen LogP contribution in [0.25, 0.3) is 0 Å². The van der Waals surface area contributed by atoms with Gasteiger partial charge in [0.05, 0.1) is 18.8 Å². The van der Waals surface area contributed by atoms with Crippen molar-refractivity contribution in [2.45, 2.75) is 200 Å². The van der Waals surface area contributed by atoms with Crippen LogP contribution in [0.5, 0.6) is 0 Å². The van der Waals surface area contributed by atoms with Crippen LogP contribution in [0.1, 0.15) is 181 Å². The van der Waals surface area contributed by atoms with E-state index in [1.165, 1.54) is 96.3 Å². The van der Waals surface area contributed by atoms with Crippen molar-refractivity contribution < 1.29 is 48.2 Å². The number of phosphoric acid groups is 1. The Morgan fingerprint density at radius 2 is 1.13 bits per heavy atom. The van der Waals surface area contributed by atoms with Gasteiger partial charge in [0.15, 0.2) is 6.10 Å². The molecule has 0 amide bonds. The number of aliphatic hydroxyl groups is 2.